The van der Waals surface area contributed by atoms with E-state index < -0.39 is 23.5 Å². The van der Waals surface area contributed by atoms with Crippen molar-refractivity contribution < 1.29 is 35.5 Å². The Hall–Kier alpha value is -2.00. The van der Waals surface area contributed by atoms with Crippen molar-refractivity contribution in [1.29, 1.82) is 0 Å². The predicted octanol–water partition coefficient (Wildman–Crippen LogP) is 5.25. The number of rotatable bonds is 5. The van der Waals surface area contributed by atoms with Crippen LogP contribution in [0.1, 0.15) is 23.3 Å². The van der Waals surface area contributed by atoms with Crippen LogP contribution >= 0.6 is 0 Å². The predicted molar refractivity (Wildman–Crippen MR) is 89.7 cm³/mol. The van der Waals surface area contributed by atoms with Gasteiger partial charge in [0, 0.05) is 25.1 Å². The first-order valence-electron chi connectivity index (χ1n) is 8.81. The molecule has 1 fully saturated rings. The second-order valence-corrected chi connectivity index (χ2v) is 6.62. The number of morpholine rings is 1. The zero-order valence-corrected chi connectivity index (χ0v) is 14.9. The van der Waals surface area contributed by atoms with E-state index in [1.807, 2.05) is 0 Å². The zero-order chi connectivity index (χ0) is 20.4. The van der Waals surface area contributed by atoms with Gasteiger partial charge in [-0.25, -0.2) is 0 Å². The average Bonchev–Trinajstić information content (AvgIpc) is 3.10. The van der Waals surface area contributed by atoms with E-state index in [1.165, 1.54) is 6.07 Å². The van der Waals surface area contributed by atoms with Gasteiger partial charge in [0.1, 0.15) is 11.5 Å². The summed E-state index contributed by atoms with van der Waals surface area (Å²) in [5.74, 6) is 0.507. The topological polar surface area (TPSA) is 25.6 Å². The van der Waals surface area contributed by atoms with Gasteiger partial charge >= 0.3 is 12.4 Å². The Kier molecular flexibility index (Phi) is 6.04. The molecule has 0 bridgehead atoms. The highest BCUT2D eigenvalue weighted by Gasteiger charge is 2.37. The van der Waals surface area contributed by atoms with E-state index >= 15 is 0 Å². The number of furan rings is 1. The molecule has 0 N–H and O–H groups in total. The van der Waals surface area contributed by atoms with Gasteiger partial charge < -0.3 is 9.15 Å². The molecule has 3 rings (SSSR count). The number of hydrogen-bond donors (Lipinski definition) is 0. The summed E-state index contributed by atoms with van der Waals surface area (Å²) in [5, 5.41) is 0. The fraction of sp³-hybridized carbons (Fsp3) is 0.474. The molecule has 0 atom stereocenters. The van der Waals surface area contributed by atoms with Gasteiger partial charge in [0.15, 0.2) is 0 Å². The van der Waals surface area contributed by atoms with Crippen molar-refractivity contribution in [1.82, 2.24) is 4.90 Å². The maximum atomic E-state index is 13.0. The Morgan fingerprint density at radius 1 is 0.857 bits per heavy atom. The highest BCUT2D eigenvalue weighted by molar-refractivity contribution is 5.61. The van der Waals surface area contributed by atoms with E-state index in [9.17, 15) is 26.3 Å². The second-order valence-electron chi connectivity index (χ2n) is 6.62. The molecule has 154 valence electrons. The van der Waals surface area contributed by atoms with Crippen LogP contribution in [0.15, 0.2) is 34.7 Å². The van der Waals surface area contributed by atoms with Crippen LogP contribution in [0, 0.1) is 0 Å². The summed E-state index contributed by atoms with van der Waals surface area (Å²) < 4.78 is 88.7. The van der Waals surface area contributed by atoms with E-state index in [-0.39, 0.29) is 17.4 Å². The molecule has 0 unspecified atom stereocenters. The highest BCUT2D eigenvalue weighted by Crippen LogP contribution is 2.39. The number of ether oxygens (including phenoxy) is 1. The van der Waals surface area contributed by atoms with Crippen LogP contribution in [0.2, 0.25) is 0 Å². The molecule has 1 aromatic carbocycles. The number of halogens is 6. The van der Waals surface area contributed by atoms with Gasteiger partial charge in [-0.15, -0.1) is 0 Å². The Morgan fingerprint density at radius 2 is 1.46 bits per heavy atom. The smallest absolute Gasteiger partial charge is 0.416 e. The minimum atomic E-state index is -4.89. The third kappa shape index (κ3) is 5.29. The lowest BCUT2D eigenvalue weighted by Crippen LogP contribution is -2.36. The van der Waals surface area contributed by atoms with Crippen LogP contribution in [-0.4, -0.2) is 37.7 Å². The summed E-state index contributed by atoms with van der Waals surface area (Å²) in [5.41, 5.74) is -2.97. The molecular formula is C19H19F6NO2. The molecule has 0 saturated carbocycles. The first kappa shape index (κ1) is 20.7. The van der Waals surface area contributed by atoms with Crippen molar-refractivity contribution in [3.63, 3.8) is 0 Å². The summed E-state index contributed by atoms with van der Waals surface area (Å²) >= 11 is 0. The maximum Gasteiger partial charge on any atom is 0.416 e. The highest BCUT2D eigenvalue weighted by atomic mass is 19.4. The number of alkyl halides is 6. The second kappa shape index (κ2) is 8.16. The Labute approximate surface area is 157 Å². The molecule has 0 aliphatic carbocycles. The van der Waals surface area contributed by atoms with Crippen LogP contribution in [0.25, 0.3) is 11.3 Å². The summed E-state index contributed by atoms with van der Waals surface area (Å²) in [6, 6.07) is 4.44. The summed E-state index contributed by atoms with van der Waals surface area (Å²) in [4.78, 5) is 2.23. The van der Waals surface area contributed by atoms with Crippen molar-refractivity contribution in [3.8, 4) is 11.3 Å². The lowest BCUT2D eigenvalue weighted by atomic mass is 10.0. The molecule has 1 aliphatic heterocycles. The van der Waals surface area contributed by atoms with Crippen LogP contribution < -0.4 is 0 Å². The third-order valence-corrected chi connectivity index (χ3v) is 4.54. The molecule has 1 aromatic heterocycles. The number of hydrogen-bond acceptors (Lipinski definition) is 3. The van der Waals surface area contributed by atoms with Crippen molar-refractivity contribution in [2.24, 2.45) is 0 Å². The minimum absolute atomic E-state index is 0.0158. The number of nitrogens with zero attached hydrogens (tertiary/aromatic N) is 1. The quantitative estimate of drug-likeness (QED) is 0.634. The Morgan fingerprint density at radius 3 is 2.04 bits per heavy atom. The molecule has 2 aromatic rings. The van der Waals surface area contributed by atoms with Gasteiger partial charge in [0.2, 0.25) is 0 Å². The van der Waals surface area contributed by atoms with E-state index in [1.54, 1.807) is 6.07 Å². The largest absolute Gasteiger partial charge is 0.461 e. The minimum Gasteiger partial charge on any atom is -0.461 e. The lowest BCUT2D eigenvalue weighted by Gasteiger charge is -2.26. The van der Waals surface area contributed by atoms with E-state index in [2.05, 4.69) is 4.90 Å². The lowest BCUT2D eigenvalue weighted by molar-refractivity contribution is -0.143. The number of benzene rings is 1. The monoisotopic (exact) mass is 407 g/mol. The van der Waals surface area contributed by atoms with Gasteiger partial charge in [-0.1, -0.05) is 0 Å². The SMILES string of the molecule is FC(F)(F)c1cc(-c2ccc(CCCN3CCOCC3)o2)cc(C(F)(F)F)c1. The molecule has 0 radical (unpaired) electrons. The first-order chi connectivity index (χ1) is 13.1. The van der Waals surface area contributed by atoms with E-state index in [0.717, 1.165) is 26.1 Å². The summed E-state index contributed by atoms with van der Waals surface area (Å²) in [7, 11) is 0. The average molecular weight is 407 g/mol. The third-order valence-electron chi connectivity index (χ3n) is 4.54. The van der Waals surface area contributed by atoms with Crippen molar-refractivity contribution >= 4 is 0 Å². The molecule has 9 heteroatoms. The maximum absolute atomic E-state index is 13.0. The molecule has 2 heterocycles. The van der Waals surface area contributed by atoms with Gasteiger partial charge in [0.25, 0.3) is 0 Å². The standard InChI is InChI=1S/C19H19F6NO2/c20-18(21,22)14-10-13(11-15(12-14)19(23,24)25)17-4-3-16(28-17)2-1-5-26-6-8-27-9-7-26/h3-4,10-12H,1-2,5-9H2. The molecule has 0 spiro atoms. The van der Waals surface area contributed by atoms with Crippen LogP contribution in [0.3, 0.4) is 0 Å². The zero-order valence-electron chi connectivity index (χ0n) is 14.9. The fourth-order valence-corrected chi connectivity index (χ4v) is 3.07. The molecule has 3 nitrogen and oxygen atoms in total. The molecule has 1 aliphatic rings. The Bertz CT molecular complexity index is 758. The molecular weight excluding hydrogens is 388 g/mol. The van der Waals surface area contributed by atoms with Crippen LogP contribution in [-0.2, 0) is 23.5 Å². The fourth-order valence-electron chi connectivity index (χ4n) is 3.07. The van der Waals surface area contributed by atoms with E-state index in [4.69, 9.17) is 9.15 Å². The normalized spacial score (nSPS) is 16.5. The number of aryl methyl sites for hydroxylation is 1. The van der Waals surface area contributed by atoms with Crippen molar-refractivity contribution in [2.45, 2.75) is 25.2 Å². The molecule has 1 saturated heterocycles. The molecule has 0 amide bonds. The van der Waals surface area contributed by atoms with Gasteiger partial charge in [-0.2, -0.15) is 26.3 Å². The first-order valence-corrected chi connectivity index (χ1v) is 8.81. The van der Waals surface area contributed by atoms with Gasteiger partial charge in [-0.3, -0.25) is 4.90 Å². The van der Waals surface area contributed by atoms with Crippen molar-refractivity contribution in [2.75, 3.05) is 32.8 Å². The van der Waals surface area contributed by atoms with Crippen molar-refractivity contribution in [3.05, 3.63) is 47.2 Å². The van der Waals surface area contributed by atoms with Gasteiger partial charge in [-0.05, 0) is 43.3 Å². The van der Waals surface area contributed by atoms with Crippen LogP contribution in [0.5, 0.6) is 0 Å². The van der Waals surface area contributed by atoms with Crippen LogP contribution in [0.4, 0.5) is 26.3 Å². The summed E-state index contributed by atoms with van der Waals surface area (Å²) in [6.45, 7) is 3.87. The molecule has 28 heavy (non-hydrogen) atoms. The van der Waals surface area contributed by atoms with E-state index in [0.29, 0.717) is 37.5 Å². The van der Waals surface area contributed by atoms with Gasteiger partial charge in [0.05, 0.1) is 24.3 Å². The Balaban J connectivity index is 1.74. The summed E-state index contributed by atoms with van der Waals surface area (Å²) in [6.07, 6.45) is -8.46.